The molecule has 0 spiro atoms. The summed E-state index contributed by atoms with van der Waals surface area (Å²) < 4.78 is 4.59. The smallest absolute Gasteiger partial charge is 0.356 e. The molecule has 5 heteroatoms. The normalized spacial score (nSPS) is 9.82. The van der Waals surface area contributed by atoms with E-state index in [9.17, 15) is 9.59 Å². The summed E-state index contributed by atoms with van der Waals surface area (Å²) >= 11 is 0. The molecule has 1 amide bonds. The molecule has 92 valence electrons. The van der Waals surface area contributed by atoms with Gasteiger partial charge in [0.1, 0.15) is 5.69 Å². The van der Waals surface area contributed by atoms with Gasteiger partial charge in [0.15, 0.2) is 0 Å². The number of methoxy groups -OCH3 is 1. The zero-order valence-corrected chi connectivity index (χ0v) is 10.3. The van der Waals surface area contributed by atoms with E-state index in [-0.39, 0.29) is 11.6 Å². The molecule has 0 aliphatic rings. The summed E-state index contributed by atoms with van der Waals surface area (Å²) in [6.45, 7) is 4.09. The van der Waals surface area contributed by atoms with Gasteiger partial charge in [-0.2, -0.15) is 0 Å². The van der Waals surface area contributed by atoms with Crippen LogP contribution >= 0.6 is 0 Å². The lowest BCUT2D eigenvalue weighted by molar-refractivity contribution is -0.116. The van der Waals surface area contributed by atoms with Gasteiger partial charge >= 0.3 is 5.97 Å². The average molecular weight is 236 g/mol. The third-order valence-corrected chi connectivity index (χ3v) is 2.28. The molecule has 1 aromatic heterocycles. The van der Waals surface area contributed by atoms with Crippen molar-refractivity contribution in [1.82, 2.24) is 4.98 Å². The van der Waals surface area contributed by atoms with Gasteiger partial charge in [0.2, 0.25) is 5.91 Å². The number of carbonyl (C=O) groups is 2. The number of esters is 1. The number of carbonyl (C=O) groups excluding carboxylic acids is 2. The molecule has 0 N–H and O–H groups in total. The SMILES string of the molecule is CCCN(C(C)=O)c1ccnc(C(=O)OC)c1. The zero-order valence-electron chi connectivity index (χ0n) is 10.3. The molecule has 0 aliphatic carbocycles. The lowest BCUT2D eigenvalue weighted by Crippen LogP contribution is -2.29. The predicted octanol–water partition coefficient (Wildman–Crippen LogP) is 1.63. The Labute approximate surface area is 100 Å². The van der Waals surface area contributed by atoms with Gasteiger partial charge in [-0.3, -0.25) is 4.79 Å². The topological polar surface area (TPSA) is 59.5 Å². The summed E-state index contributed by atoms with van der Waals surface area (Å²) in [7, 11) is 1.30. The van der Waals surface area contributed by atoms with Crippen LogP contribution < -0.4 is 4.90 Å². The van der Waals surface area contributed by atoms with Gasteiger partial charge in [0.25, 0.3) is 0 Å². The molecule has 0 atom stereocenters. The minimum atomic E-state index is -0.508. The van der Waals surface area contributed by atoms with Crippen LogP contribution in [0.5, 0.6) is 0 Å². The van der Waals surface area contributed by atoms with Crippen LogP contribution in [0.4, 0.5) is 5.69 Å². The molecular weight excluding hydrogens is 220 g/mol. The highest BCUT2D eigenvalue weighted by Gasteiger charge is 2.13. The second kappa shape index (κ2) is 5.98. The number of pyridine rings is 1. The van der Waals surface area contributed by atoms with Crippen molar-refractivity contribution < 1.29 is 14.3 Å². The number of hydrogen-bond donors (Lipinski definition) is 0. The Hall–Kier alpha value is -1.91. The van der Waals surface area contributed by atoms with Crippen molar-refractivity contribution in [2.24, 2.45) is 0 Å². The van der Waals surface area contributed by atoms with Crippen molar-refractivity contribution in [2.45, 2.75) is 20.3 Å². The van der Waals surface area contributed by atoms with Gasteiger partial charge in [-0.15, -0.1) is 0 Å². The second-order valence-electron chi connectivity index (χ2n) is 3.56. The Balaban J connectivity index is 3.03. The molecule has 0 fully saturated rings. The Morgan fingerprint density at radius 3 is 2.71 bits per heavy atom. The lowest BCUT2D eigenvalue weighted by atomic mass is 10.2. The molecule has 0 bridgehead atoms. The Kier molecular flexibility index (Phi) is 4.63. The monoisotopic (exact) mass is 236 g/mol. The van der Waals surface area contributed by atoms with Crippen molar-refractivity contribution in [3.05, 3.63) is 24.0 Å². The molecule has 17 heavy (non-hydrogen) atoms. The Morgan fingerprint density at radius 1 is 1.47 bits per heavy atom. The van der Waals surface area contributed by atoms with E-state index in [0.717, 1.165) is 6.42 Å². The fraction of sp³-hybridized carbons (Fsp3) is 0.417. The summed E-state index contributed by atoms with van der Waals surface area (Å²) in [6, 6.07) is 3.26. The van der Waals surface area contributed by atoms with E-state index in [1.807, 2.05) is 6.92 Å². The molecule has 0 aromatic carbocycles. The molecule has 5 nitrogen and oxygen atoms in total. The molecule has 0 saturated carbocycles. The van der Waals surface area contributed by atoms with Crippen LogP contribution in [0.25, 0.3) is 0 Å². The molecule has 0 unspecified atom stereocenters. The van der Waals surface area contributed by atoms with Crippen LogP contribution in [0.3, 0.4) is 0 Å². The van der Waals surface area contributed by atoms with Crippen LogP contribution in [-0.4, -0.2) is 30.5 Å². The first-order chi connectivity index (χ1) is 8.10. The van der Waals surface area contributed by atoms with E-state index >= 15 is 0 Å². The zero-order chi connectivity index (χ0) is 12.8. The van der Waals surface area contributed by atoms with Crippen molar-refractivity contribution in [1.29, 1.82) is 0 Å². The number of rotatable bonds is 4. The first-order valence-electron chi connectivity index (χ1n) is 5.42. The fourth-order valence-corrected chi connectivity index (χ4v) is 1.50. The van der Waals surface area contributed by atoms with Crippen LogP contribution in [0.2, 0.25) is 0 Å². The highest BCUT2D eigenvalue weighted by atomic mass is 16.5. The van der Waals surface area contributed by atoms with Crippen LogP contribution in [0, 0.1) is 0 Å². The van der Waals surface area contributed by atoms with Gasteiger partial charge in [-0.25, -0.2) is 9.78 Å². The van der Waals surface area contributed by atoms with Gasteiger partial charge < -0.3 is 9.64 Å². The van der Waals surface area contributed by atoms with E-state index in [1.54, 1.807) is 17.0 Å². The van der Waals surface area contributed by atoms with Crippen molar-refractivity contribution in [3.63, 3.8) is 0 Å². The molecule has 1 aromatic rings. The van der Waals surface area contributed by atoms with Gasteiger partial charge in [0.05, 0.1) is 7.11 Å². The number of aromatic nitrogens is 1. The van der Waals surface area contributed by atoms with E-state index in [0.29, 0.717) is 12.2 Å². The van der Waals surface area contributed by atoms with Crippen LogP contribution in [0.1, 0.15) is 30.8 Å². The van der Waals surface area contributed by atoms with Gasteiger partial charge in [0, 0.05) is 25.4 Å². The number of nitrogens with zero attached hydrogens (tertiary/aromatic N) is 2. The summed E-state index contributed by atoms with van der Waals surface area (Å²) in [4.78, 5) is 28.3. The third-order valence-electron chi connectivity index (χ3n) is 2.28. The van der Waals surface area contributed by atoms with Crippen molar-refractivity contribution >= 4 is 17.6 Å². The molecule has 0 radical (unpaired) electrons. The Bertz CT molecular complexity index is 418. The maximum Gasteiger partial charge on any atom is 0.356 e. The molecule has 0 saturated heterocycles. The first-order valence-corrected chi connectivity index (χ1v) is 5.42. The Morgan fingerprint density at radius 2 is 2.18 bits per heavy atom. The van der Waals surface area contributed by atoms with Crippen LogP contribution in [-0.2, 0) is 9.53 Å². The average Bonchev–Trinajstić information content (AvgIpc) is 2.34. The maximum absolute atomic E-state index is 11.5. The highest BCUT2D eigenvalue weighted by Crippen LogP contribution is 2.15. The largest absolute Gasteiger partial charge is 0.464 e. The third kappa shape index (κ3) is 3.27. The first kappa shape index (κ1) is 13.2. The summed E-state index contributed by atoms with van der Waals surface area (Å²) in [6.07, 6.45) is 2.34. The van der Waals surface area contributed by atoms with E-state index in [4.69, 9.17) is 0 Å². The number of ether oxygens (including phenoxy) is 1. The second-order valence-corrected chi connectivity index (χ2v) is 3.56. The fourth-order valence-electron chi connectivity index (χ4n) is 1.50. The predicted molar refractivity (Wildman–Crippen MR) is 63.9 cm³/mol. The van der Waals surface area contributed by atoms with Crippen molar-refractivity contribution in [3.8, 4) is 0 Å². The van der Waals surface area contributed by atoms with Gasteiger partial charge in [-0.1, -0.05) is 6.92 Å². The summed E-state index contributed by atoms with van der Waals surface area (Å²) in [5, 5.41) is 0. The molecule has 1 rings (SSSR count). The van der Waals surface area contributed by atoms with E-state index in [2.05, 4.69) is 9.72 Å². The lowest BCUT2D eigenvalue weighted by Gasteiger charge is -2.20. The number of amides is 1. The highest BCUT2D eigenvalue weighted by molar-refractivity contribution is 5.94. The number of hydrogen-bond acceptors (Lipinski definition) is 4. The minimum Gasteiger partial charge on any atom is -0.464 e. The van der Waals surface area contributed by atoms with Crippen molar-refractivity contribution in [2.75, 3.05) is 18.6 Å². The van der Waals surface area contributed by atoms with Gasteiger partial charge in [-0.05, 0) is 18.6 Å². The standard InChI is InChI=1S/C12H16N2O3/c1-4-7-14(9(2)15)10-5-6-13-11(8-10)12(16)17-3/h5-6,8H,4,7H2,1-3H3. The molecule has 1 heterocycles. The maximum atomic E-state index is 11.5. The quantitative estimate of drug-likeness (QED) is 0.745. The molecule has 0 aliphatic heterocycles. The number of anilines is 1. The van der Waals surface area contributed by atoms with Crippen LogP contribution in [0.15, 0.2) is 18.3 Å². The summed E-state index contributed by atoms with van der Waals surface area (Å²) in [5.74, 6) is -0.569. The van der Waals surface area contributed by atoms with E-state index in [1.165, 1.54) is 20.2 Å². The summed E-state index contributed by atoms with van der Waals surface area (Å²) in [5.41, 5.74) is 0.863. The van der Waals surface area contributed by atoms with E-state index < -0.39 is 5.97 Å². The molecular formula is C12H16N2O3. The minimum absolute atomic E-state index is 0.0612.